The molecule has 0 saturated carbocycles. The SMILES string of the molecule is CSCC[C@H](NC(=O)c1ccc(NCC(c2ccc(F)cc2)c2ncc[nH]2)cc1-c1ccc(F)cc1)C(=O)O. The summed E-state index contributed by atoms with van der Waals surface area (Å²) >= 11 is 1.50. The van der Waals surface area contributed by atoms with Crippen molar-refractivity contribution in [3.8, 4) is 11.1 Å². The minimum absolute atomic E-state index is 0.217. The number of halogens is 2. The van der Waals surface area contributed by atoms with Gasteiger partial charge in [0.15, 0.2) is 0 Å². The molecule has 0 bridgehead atoms. The molecule has 1 heterocycles. The number of aliphatic carboxylic acids is 1. The Morgan fingerprint density at radius 1 is 1.03 bits per heavy atom. The second-order valence-electron chi connectivity index (χ2n) is 8.87. The van der Waals surface area contributed by atoms with E-state index < -0.39 is 23.7 Å². The number of hydrogen-bond acceptors (Lipinski definition) is 5. The molecule has 0 aliphatic rings. The van der Waals surface area contributed by atoms with Crippen molar-refractivity contribution in [1.29, 1.82) is 0 Å². The molecule has 0 saturated heterocycles. The van der Waals surface area contributed by atoms with Gasteiger partial charge in [0, 0.05) is 30.2 Å². The van der Waals surface area contributed by atoms with Crippen LogP contribution in [0.5, 0.6) is 0 Å². The average Bonchev–Trinajstić information content (AvgIpc) is 3.47. The molecule has 39 heavy (non-hydrogen) atoms. The summed E-state index contributed by atoms with van der Waals surface area (Å²) in [4.78, 5) is 32.4. The van der Waals surface area contributed by atoms with Crippen molar-refractivity contribution >= 4 is 29.3 Å². The van der Waals surface area contributed by atoms with Gasteiger partial charge in [-0.25, -0.2) is 18.6 Å². The molecule has 0 aliphatic carbocycles. The molecule has 2 atom stereocenters. The van der Waals surface area contributed by atoms with Crippen LogP contribution in [-0.2, 0) is 4.79 Å². The van der Waals surface area contributed by atoms with E-state index in [9.17, 15) is 23.5 Å². The molecule has 0 fully saturated rings. The van der Waals surface area contributed by atoms with Crippen molar-refractivity contribution in [2.45, 2.75) is 18.4 Å². The lowest BCUT2D eigenvalue weighted by Gasteiger charge is -2.19. The molecule has 4 N–H and O–H groups in total. The third-order valence-corrected chi connectivity index (χ3v) is 6.91. The zero-order valence-corrected chi connectivity index (χ0v) is 22.0. The Bertz CT molecular complexity index is 1400. The number of carboxylic acid groups (broad SMARTS) is 1. The number of amides is 1. The van der Waals surface area contributed by atoms with E-state index in [-0.39, 0.29) is 23.7 Å². The molecule has 3 aromatic carbocycles. The normalized spacial score (nSPS) is 12.5. The maximum atomic E-state index is 13.7. The first-order chi connectivity index (χ1) is 18.9. The molecule has 7 nitrogen and oxygen atoms in total. The number of anilines is 1. The van der Waals surface area contributed by atoms with Gasteiger partial charge in [-0.15, -0.1) is 0 Å². The minimum Gasteiger partial charge on any atom is -0.480 e. The zero-order chi connectivity index (χ0) is 27.8. The molecule has 1 unspecified atom stereocenters. The number of imidazole rings is 1. The molecule has 1 aromatic heterocycles. The van der Waals surface area contributed by atoms with Crippen LogP contribution >= 0.6 is 11.8 Å². The van der Waals surface area contributed by atoms with Crippen molar-refractivity contribution < 1.29 is 23.5 Å². The second kappa shape index (κ2) is 13.1. The van der Waals surface area contributed by atoms with E-state index in [1.807, 2.05) is 6.26 Å². The average molecular weight is 551 g/mol. The van der Waals surface area contributed by atoms with Crippen LogP contribution in [-0.4, -0.2) is 51.5 Å². The fourth-order valence-electron chi connectivity index (χ4n) is 4.21. The van der Waals surface area contributed by atoms with Crippen LogP contribution < -0.4 is 10.6 Å². The number of carboxylic acids is 1. The van der Waals surface area contributed by atoms with Crippen LogP contribution in [0.1, 0.15) is 34.1 Å². The lowest BCUT2D eigenvalue weighted by atomic mass is 9.96. The standard InChI is InChI=1S/C29H28F2N4O3S/c1-39-15-12-26(29(37)38)35-28(36)23-11-10-22(16-24(23)18-2-6-20(30)7-3-18)34-17-25(27-32-13-14-33-27)19-4-8-21(31)9-5-19/h2-11,13-14,16,25-26,34H,12,15,17H2,1H3,(H,32,33)(H,35,36)(H,37,38)/t25?,26-/m0/s1. The number of rotatable bonds is 12. The van der Waals surface area contributed by atoms with Gasteiger partial charge in [0.2, 0.25) is 0 Å². The van der Waals surface area contributed by atoms with Crippen molar-refractivity contribution in [2.75, 3.05) is 23.9 Å². The van der Waals surface area contributed by atoms with Gasteiger partial charge >= 0.3 is 5.97 Å². The van der Waals surface area contributed by atoms with Crippen molar-refractivity contribution in [2.24, 2.45) is 0 Å². The highest BCUT2D eigenvalue weighted by molar-refractivity contribution is 7.98. The molecular formula is C29H28F2N4O3S. The molecule has 4 aromatic rings. The van der Waals surface area contributed by atoms with Gasteiger partial charge < -0.3 is 20.7 Å². The summed E-state index contributed by atoms with van der Waals surface area (Å²) in [6.07, 6.45) is 5.52. The van der Waals surface area contributed by atoms with Crippen LogP contribution in [0.3, 0.4) is 0 Å². The van der Waals surface area contributed by atoms with Gasteiger partial charge in [0.25, 0.3) is 5.91 Å². The third-order valence-electron chi connectivity index (χ3n) is 6.27. The number of aromatic nitrogens is 2. The predicted molar refractivity (Wildman–Crippen MR) is 149 cm³/mol. The fraction of sp³-hybridized carbons (Fsp3) is 0.207. The fourth-order valence-corrected chi connectivity index (χ4v) is 4.68. The topological polar surface area (TPSA) is 107 Å². The van der Waals surface area contributed by atoms with Gasteiger partial charge in [0.05, 0.1) is 5.92 Å². The van der Waals surface area contributed by atoms with Crippen LogP contribution in [0.4, 0.5) is 14.5 Å². The van der Waals surface area contributed by atoms with E-state index in [0.717, 1.165) is 5.56 Å². The first-order valence-electron chi connectivity index (χ1n) is 12.3. The summed E-state index contributed by atoms with van der Waals surface area (Å²) in [5.41, 5.74) is 2.93. The number of aromatic amines is 1. The van der Waals surface area contributed by atoms with Crippen LogP contribution in [0.25, 0.3) is 11.1 Å². The number of H-pyrrole nitrogens is 1. The van der Waals surface area contributed by atoms with Crippen molar-refractivity contribution in [3.63, 3.8) is 0 Å². The molecule has 1 amide bonds. The maximum Gasteiger partial charge on any atom is 0.326 e. The van der Waals surface area contributed by atoms with Gasteiger partial charge in [-0.05, 0) is 77.6 Å². The molecular weight excluding hydrogens is 522 g/mol. The van der Waals surface area contributed by atoms with E-state index in [4.69, 9.17) is 0 Å². The Balaban J connectivity index is 1.63. The largest absolute Gasteiger partial charge is 0.480 e. The van der Waals surface area contributed by atoms with Gasteiger partial charge in [-0.1, -0.05) is 24.3 Å². The Hall–Kier alpha value is -4.18. The van der Waals surface area contributed by atoms with E-state index in [1.165, 1.54) is 36.0 Å². The highest BCUT2D eigenvalue weighted by Crippen LogP contribution is 2.29. The second-order valence-corrected chi connectivity index (χ2v) is 9.86. The summed E-state index contributed by atoms with van der Waals surface area (Å²) in [5, 5.41) is 15.5. The van der Waals surface area contributed by atoms with Crippen LogP contribution in [0.15, 0.2) is 79.1 Å². The number of carbonyl (C=O) groups excluding carboxylic acids is 1. The number of benzene rings is 3. The number of nitrogens with one attached hydrogen (secondary N) is 3. The third kappa shape index (κ3) is 7.23. The van der Waals surface area contributed by atoms with E-state index >= 15 is 0 Å². The number of carbonyl (C=O) groups is 2. The van der Waals surface area contributed by atoms with Gasteiger partial charge in [-0.2, -0.15) is 11.8 Å². The van der Waals surface area contributed by atoms with Crippen molar-refractivity contribution in [1.82, 2.24) is 15.3 Å². The van der Waals surface area contributed by atoms with E-state index in [0.29, 0.717) is 34.9 Å². The Morgan fingerprint density at radius 2 is 1.72 bits per heavy atom. The predicted octanol–water partition coefficient (Wildman–Crippen LogP) is 5.54. The molecule has 0 radical (unpaired) electrons. The Labute approximate surface area is 229 Å². The lowest BCUT2D eigenvalue weighted by Crippen LogP contribution is -2.41. The summed E-state index contributed by atoms with van der Waals surface area (Å²) < 4.78 is 27.2. The zero-order valence-electron chi connectivity index (χ0n) is 21.2. The van der Waals surface area contributed by atoms with E-state index in [2.05, 4.69) is 20.6 Å². The number of thioether (sulfide) groups is 1. The highest BCUT2D eigenvalue weighted by Gasteiger charge is 2.23. The maximum absolute atomic E-state index is 13.7. The highest BCUT2D eigenvalue weighted by atomic mass is 32.2. The lowest BCUT2D eigenvalue weighted by molar-refractivity contribution is -0.139. The quantitative estimate of drug-likeness (QED) is 0.185. The van der Waals surface area contributed by atoms with Gasteiger partial charge in [-0.3, -0.25) is 4.79 Å². The summed E-state index contributed by atoms with van der Waals surface area (Å²) in [7, 11) is 0. The Morgan fingerprint density at radius 3 is 2.33 bits per heavy atom. The first kappa shape index (κ1) is 27.8. The Kier molecular flexibility index (Phi) is 9.32. The first-order valence-corrected chi connectivity index (χ1v) is 13.7. The number of hydrogen-bond donors (Lipinski definition) is 4. The summed E-state index contributed by atoms with van der Waals surface area (Å²) in [5.74, 6) is -1.32. The van der Waals surface area contributed by atoms with Crippen molar-refractivity contribution in [3.05, 3.63) is 108 Å². The van der Waals surface area contributed by atoms with Crippen LogP contribution in [0, 0.1) is 11.6 Å². The molecule has 0 aliphatic heterocycles. The molecule has 0 spiro atoms. The smallest absolute Gasteiger partial charge is 0.326 e. The van der Waals surface area contributed by atoms with Gasteiger partial charge in [0.1, 0.15) is 23.5 Å². The number of nitrogens with zero attached hydrogens (tertiary/aromatic N) is 1. The van der Waals surface area contributed by atoms with Crippen LogP contribution in [0.2, 0.25) is 0 Å². The summed E-state index contributed by atoms with van der Waals surface area (Å²) in [6.45, 7) is 0.406. The molecule has 4 rings (SSSR count). The summed E-state index contributed by atoms with van der Waals surface area (Å²) in [6, 6.07) is 16.0. The molecule has 202 valence electrons. The molecule has 10 heteroatoms. The monoisotopic (exact) mass is 550 g/mol. The minimum atomic E-state index is -1.11. The van der Waals surface area contributed by atoms with E-state index in [1.54, 1.807) is 54.9 Å².